The van der Waals surface area contributed by atoms with Crippen molar-refractivity contribution in [3.05, 3.63) is 30.3 Å². The summed E-state index contributed by atoms with van der Waals surface area (Å²) in [5.41, 5.74) is -0.412. The number of amides is 3. The largest absolute Gasteiger partial charge is 0.394 e. The Bertz CT molecular complexity index is 955. The van der Waals surface area contributed by atoms with E-state index in [2.05, 4.69) is 15.5 Å². The molecule has 0 radical (unpaired) electrons. The van der Waals surface area contributed by atoms with Crippen molar-refractivity contribution in [2.24, 2.45) is 11.8 Å². The summed E-state index contributed by atoms with van der Waals surface area (Å²) in [4.78, 5) is 44.3. The van der Waals surface area contributed by atoms with Gasteiger partial charge in [0.1, 0.15) is 11.6 Å². The fourth-order valence-electron chi connectivity index (χ4n) is 6.26. The number of hydrogen-bond acceptors (Lipinski definition) is 7. The fourth-order valence-corrected chi connectivity index (χ4v) is 6.26. The zero-order chi connectivity index (χ0) is 24.6. The zero-order valence-corrected chi connectivity index (χ0v) is 20.0. The number of likely N-dealkylation sites (tertiary alicyclic amines) is 1. The first-order valence-corrected chi connectivity index (χ1v) is 12.5. The van der Waals surface area contributed by atoms with E-state index in [-0.39, 0.29) is 24.3 Å². The molecule has 4 heterocycles. The van der Waals surface area contributed by atoms with E-state index in [9.17, 15) is 19.5 Å². The van der Waals surface area contributed by atoms with E-state index in [4.69, 9.17) is 9.47 Å². The Kier molecular flexibility index (Phi) is 6.80. The van der Waals surface area contributed by atoms with Crippen LogP contribution in [0.3, 0.4) is 0 Å². The number of anilines is 1. The lowest BCUT2D eigenvalue weighted by Crippen LogP contribution is -2.58. The Balaban J connectivity index is 1.36. The van der Waals surface area contributed by atoms with Crippen LogP contribution in [0.2, 0.25) is 0 Å². The minimum atomic E-state index is -1.06. The normalized spacial score (nSPS) is 33.0. The Morgan fingerprint density at radius 2 is 1.94 bits per heavy atom. The molecule has 4 fully saturated rings. The molecule has 1 spiro atoms. The number of carbonyl (C=O) groups excluding carboxylic acids is 3. The number of aliphatic hydroxyl groups excluding tert-OH is 1. The second kappa shape index (κ2) is 9.85. The highest BCUT2D eigenvalue weighted by molar-refractivity contribution is 6.02. The van der Waals surface area contributed by atoms with Crippen molar-refractivity contribution >= 4 is 23.4 Å². The molecule has 0 saturated carbocycles. The molecule has 4 saturated heterocycles. The van der Waals surface area contributed by atoms with Crippen molar-refractivity contribution in [3.63, 3.8) is 0 Å². The summed E-state index contributed by atoms with van der Waals surface area (Å²) in [7, 11) is 0. The molecule has 2 bridgehead atoms. The molecule has 1 aromatic rings. The van der Waals surface area contributed by atoms with Crippen LogP contribution in [0.5, 0.6) is 0 Å². The minimum Gasteiger partial charge on any atom is -0.394 e. The second-order valence-corrected chi connectivity index (χ2v) is 9.93. The van der Waals surface area contributed by atoms with Crippen LogP contribution in [-0.2, 0) is 23.9 Å². The molecule has 1 aromatic carbocycles. The van der Waals surface area contributed by atoms with E-state index in [0.29, 0.717) is 44.8 Å². The van der Waals surface area contributed by atoms with Crippen molar-refractivity contribution in [2.45, 2.75) is 43.6 Å². The summed E-state index contributed by atoms with van der Waals surface area (Å²) >= 11 is 0. The van der Waals surface area contributed by atoms with E-state index in [1.54, 1.807) is 19.1 Å². The van der Waals surface area contributed by atoms with Crippen LogP contribution in [0.15, 0.2) is 30.3 Å². The summed E-state index contributed by atoms with van der Waals surface area (Å²) in [6.45, 7) is 5.56. The fraction of sp³-hybridized carbons (Fsp3) is 0.640. The smallest absolute Gasteiger partial charge is 0.245 e. The molecular weight excluding hydrogens is 452 g/mol. The molecule has 10 nitrogen and oxygen atoms in total. The summed E-state index contributed by atoms with van der Waals surface area (Å²) in [6.07, 6.45) is 0.720. The predicted octanol–water partition coefficient (Wildman–Crippen LogP) is -0.171. The zero-order valence-electron chi connectivity index (χ0n) is 20.0. The van der Waals surface area contributed by atoms with Gasteiger partial charge in [-0.05, 0) is 31.9 Å². The highest BCUT2D eigenvalue weighted by atomic mass is 16.5. The number of nitrogens with zero attached hydrogens (tertiary/aromatic N) is 2. The first kappa shape index (κ1) is 24.2. The summed E-state index contributed by atoms with van der Waals surface area (Å²) < 4.78 is 11.8. The van der Waals surface area contributed by atoms with Crippen molar-refractivity contribution < 1.29 is 29.0 Å². The van der Waals surface area contributed by atoms with Gasteiger partial charge in [-0.2, -0.15) is 0 Å². The molecule has 190 valence electrons. The number of rotatable bonds is 8. The Morgan fingerprint density at radius 1 is 1.20 bits per heavy atom. The molecule has 0 aromatic heterocycles. The topological polar surface area (TPSA) is 120 Å². The third kappa shape index (κ3) is 4.22. The average molecular weight is 487 g/mol. The summed E-state index contributed by atoms with van der Waals surface area (Å²) in [5.74, 6) is -2.30. The van der Waals surface area contributed by atoms with Crippen molar-refractivity contribution in [1.82, 2.24) is 15.1 Å². The SMILES string of the molecule is C[C@H](CO)N1C(=O)[C@@H]2[C@@H](C(=O)Nc3ccccc3)[C@H]3CCC2(O3)C1C(=O)NCCN1CCOCC1. The number of fused-ring (bicyclic) bond motifs is 1. The Morgan fingerprint density at radius 3 is 2.66 bits per heavy atom. The number of benzene rings is 1. The molecule has 4 aliphatic heterocycles. The van der Waals surface area contributed by atoms with Gasteiger partial charge in [0, 0.05) is 31.9 Å². The third-order valence-electron chi connectivity index (χ3n) is 7.90. The molecule has 2 unspecified atom stereocenters. The van der Waals surface area contributed by atoms with E-state index < -0.39 is 35.6 Å². The molecule has 0 aliphatic carbocycles. The van der Waals surface area contributed by atoms with Crippen LogP contribution in [0.25, 0.3) is 0 Å². The van der Waals surface area contributed by atoms with Gasteiger partial charge in [-0.15, -0.1) is 0 Å². The number of hydrogen-bond donors (Lipinski definition) is 3. The first-order chi connectivity index (χ1) is 17.0. The molecule has 3 amide bonds. The van der Waals surface area contributed by atoms with Gasteiger partial charge in [0.25, 0.3) is 0 Å². The van der Waals surface area contributed by atoms with Crippen LogP contribution in [0.1, 0.15) is 19.8 Å². The number of para-hydroxylation sites is 1. The molecule has 3 N–H and O–H groups in total. The van der Waals surface area contributed by atoms with Gasteiger partial charge in [-0.1, -0.05) is 18.2 Å². The van der Waals surface area contributed by atoms with Gasteiger partial charge in [0.2, 0.25) is 17.7 Å². The molecule has 6 atom stereocenters. The number of nitrogens with one attached hydrogen (secondary N) is 2. The van der Waals surface area contributed by atoms with Crippen molar-refractivity contribution in [3.8, 4) is 0 Å². The first-order valence-electron chi connectivity index (χ1n) is 12.5. The number of morpholine rings is 1. The van der Waals surface area contributed by atoms with Gasteiger partial charge in [-0.3, -0.25) is 19.3 Å². The number of carbonyl (C=O) groups is 3. The summed E-state index contributed by atoms with van der Waals surface area (Å²) in [6, 6.07) is 7.66. The highest BCUT2D eigenvalue weighted by Crippen LogP contribution is 2.58. The average Bonchev–Trinajstić information content (AvgIpc) is 3.52. The monoisotopic (exact) mass is 486 g/mol. The lowest BCUT2D eigenvalue weighted by atomic mass is 9.70. The van der Waals surface area contributed by atoms with Crippen LogP contribution in [0, 0.1) is 11.8 Å². The standard InChI is InChI=1S/C25H34N4O6/c1-16(15-30)29-21(23(32)26-9-10-28-11-13-34-14-12-28)25-8-7-18(35-25)19(20(25)24(29)33)22(31)27-17-5-3-2-4-6-17/h2-6,16,18-21,30H,7-15H2,1H3,(H,26,32)(H,27,31)/t16-,18-,19+,20+,21?,25?/m1/s1. The second-order valence-electron chi connectivity index (χ2n) is 9.93. The Labute approximate surface area is 204 Å². The number of aliphatic hydroxyl groups is 1. The molecule has 35 heavy (non-hydrogen) atoms. The van der Waals surface area contributed by atoms with Gasteiger partial charge in [0.15, 0.2) is 0 Å². The van der Waals surface area contributed by atoms with Gasteiger partial charge < -0.3 is 30.1 Å². The molecular formula is C25H34N4O6. The van der Waals surface area contributed by atoms with Crippen LogP contribution >= 0.6 is 0 Å². The van der Waals surface area contributed by atoms with Crippen molar-refractivity contribution in [1.29, 1.82) is 0 Å². The van der Waals surface area contributed by atoms with E-state index in [0.717, 1.165) is 13.1 Å². The van der Waals surface area contributed by atoms with E-state index in [1.807, 2.05) is 18.2 Å². The maximum atomic E-state index is 13.7. The van der Waals surface area contributed by atoms with E-state index in [1.165, 1.54) is 4.90 Å². The van der Waals surface area contributed by atoms with Crippen molar-refractivity contribution in [2.75, 3.05) is 51.3 Å². The van der Waals surface area contributed by atoms with Crippen LogP contribution in [0.4, 0.5) is 5.69 Å². The molecule has 4 aliphatic rings. The predicted molar refractivity (Wildman–Crippen MR) is 126 cm³/mol. The maximum absolute atomic E-state index is 13.7. The summed E-state index contributed by atoms with van der Waals surface area (Å²) in [5, 5.41) is 15.8. The van der Waals surface area contributed by atoms with Crippen LogP contribution < -0.4 is 10.6 Å². The van der Waals surface area contributed by atoms with Crippen LogP contribution in [-0.4, -0.2) is 102 Å². The van der Waals surface area contributed by atoms with Gasteiger partial charge in [0.05, 0.1) is 43.8 Å². The van der Waals surface area contributed by atoms with E-state index >= 15 is 0 Å². The Hall–Kier alpha value is -2.53. The minimum absolute atomic E-state index is 0.272. The highest BCUT2D eigenvalue weighted by Gasteiger charge is 2.74. The number of ether oxygens (including phenoxy) is 2. The third-order valence-corrected chi connectivity index (χ3v) is 7.90. The van der Waals surface area contributed by atoms with Gasteiger partial charge >= 0.3 is 0 Å². The maximum Gasteiger partial charge on any atom is 0.245 e. The lowest BCUT2D eigenvalue weighted by Gasteiger charge is -2.35. The van der Waals surface area contributed by atoms with Gasteiger partial charge in [-0.25, -0.2) is 0 Å². The molecule has 10 heteroatoms. The lowest BCUT2D eigenvalue weighted by molar-refractivity contribution is -0.144. The quantitative estimate of drug-likeness (QED) is 0.467. The molecule has 5 rings (SSSR count).